The van der Waals surface area contributed by atoms with Crippen molar-refractivity contribution < 1.29 is 14.4 Å². The monoisotopic (exact) mass is 172 g/mol. The first-order valence-electron chi connectivity index (χ1n) is 3.40. The van der Waals surface area contributed by atoms with Gasteiger partial charge in [-0.25, -0.2) is 0 Å². The lowest BCUT2D eigenvalue weighted by Crippen LogP contribution is -2.31. The van der Waals surface area contributed by atoms with Gasteiger partial charge in [0, 0.05) is 21.1 Å². The fourth-order valence-corrected chi connectivity index (χ4v) is 0.471. The SMILES string of the molecule is CN(C)C(=O)CC(=O)N(C)C=O. The van der Waals surface area contributed by atoms with Crippen molar-refractivity contribution in [2.75, 3.05) is 21.1 Å². The molecule has 3 amide bonds. The Kier molecular flexibility index (Phi) is 3.96. The highest BCUT2D eigenvalue weighted by Crippen LogP contribution is 1.91. The van der Waals surface area contributed by atoms with E-state index in [1.54, 1.807) is 14.1 Å². The van der Waals surface area contributed by atoms with E-state index in [1.165, 1.54) is 11.9 Å². The average Bonchev–Trinajstić information content (AvgIpc) is 2.02. The Morgan fingerprint density at radius 1 is 1.17 bits per heavy atom. The molecule has 0 rings (SSSR count). The van der Waals surface area contributed by atoms with Crippen molar-refractivity contribution >= 4 is 18.2 Å². The molecular formula is C7H12N2O3. The molecule has 0 aromatic heterocycles. The van der Waals surface area contributed by atoms with E-state index in [-0.39, 0.29) is 12.3 Å². The average molecular weight is 172 g/mol. The Hall–Kier alpha value is -1.39. The maximum absolute atomic E-state index is 10.9. The van der Waals surface area contributed by atoms with Crippen molar-refractivity contribution in [3.8, 4) is 0 Å². The molecule has 0 fully saturated rings. The van der Waals surface area contributed by atoms with E-state index in [0.29, 0.717) is 6.41 Å². The first-order chi connectivity index (χ1) is 5.49. The van der Waals surface area contributed by atoms with Crippen LogP contribution in [0.5, 0.6) is 0 Å². The zero-order chi connectivity index (χ0) is 9.72. The minimum Gasteiger partial charge on any atom is -0.348 e. The minimum absolute atomic E-state index is 0.262. The van der Waals surface area contributed by atoms with Crippen LogP contribution < -0.4 is 0 Å². The number of amides is 3. The first-order valence-corrected chi connectivity index (χ1v) is 3.40. The largest absolute Gasteiger partial charge is 0.348 e. The molecule has 0 aromatic carbocycles. The fraction of sp³-hybridized carbons (Fsp3) is 0.571. The molecule has 0 N–H and O–H groups in total. The van der Waals surface area contributed by atoms with Gasteiger partial charge in [-0.3, -0.25) is 19.3 Å². The Balaban J connectivity index is 4.01. The van der Waals surface area contributed by atoms with Crippen LogP contribution in [0.15, 0.2) is 0 Å². The van der Waals surface area contributed by atoms with Crippen LogP contribution in [0.4, 0.5) is 0 Å². The van der Waals surface area contributed by atoms with E-state index < -0.39 is 5.91 Å². The molecule has 0 saturated carbocycles. The molecule has 0 bridgehead atoms. The summed E-state index contributed by atoms with van der Waals surface area (Å²) in [6.07, 6.45) is 0.119. The second-order valence-electron chi connectivity index (χ2n) is 2.57. The highest BCUT2D eigenvalue weighted by atomic mass is 16.2. The molecule has 0 unspecified atom stereocenters. The van der Waals surface area contributed by atoms with Crippen LogP contribution in [0.1, 0.15) is 6.42 Å². The van der Waals surface area contributed by atoms with Gasteiger partial charge in [-0.2, -0.15) is 0 Å². The number of carbonyl (C=O) groups is 3. The fourth-order valence-electron chi connectivity index (χ4n) is 0.471. The third-order valence-electron chi connectivity index (χ3n) is 1.35. The third kappa shape index (κ3) is 3.14. The van der Waals surface area contributed by atoms with Crippen LogP contribution in [-0.4, -0.2) is 49.2 Å². The van der Waals surface area contributed by atoms with Gasteiger partial charge in [-0.1, -0.05) is 0 Å². The van der Waals surface area contributed by atoms with Crippen molar-refractivity contribution in [2.24, 2.45) is 0 Å². The summed E-state index contributed by atoms with van der Waals surface area (Å²) in [5.41, 5.74) is 0. The standard InChI is InChI=1S/C7H12N2O3/c1-8(2)6(11)4-7(12)9(3)5-10/h5H,4H2,1-3H3. The lowest BCUT2D eigenvalue weighted by molar-refractivity contribution is -0.141. The Morgan fingerprint density at radius 3 is 2.00 bits per heavy atom. The van der Waals surface area contributed by atoms with Crippen LogP contribution in [0.3, 0.4) is 0 Å². The lowest BCUT2D eigenvalue weighted by Gasteiger charge is -2.11. The number of nitrogens with zero attached hydrogens (tertiary/aromatic N) is 2. The maximum Gasteiger partial charge on any atom is 0.238 e. The maximum atomic E-state index is 10.9. The summed E-state index contributed by atoms with van der Waals surface area (Å²) in [7, 11) is 4.42. The van der Waals surface area contributed by atoms with Gasteiger partial charge in [-0.05, 0) is 0 Å². The van der Waals surface area contributed by atoms with Gasteiger partial charge >= 0.3 is 0 Å². The summed E-state index contributed by atoms with van der Waals surface area (Å²) in [5.74, 6) is -0.808. The molecule has 0 saturated heterocycles. The van der Waals surface area contributed by atoms with E-state index in [4.69, 9.17) is 0 Å². The van der Waals surface area contributed by atoms with E-state index >= 15 is 0 Å². The summed E-state index contributed by atoms with van der Waals surface area (Å²) in [6, 6.07) is 0. The van der Waals surface area contributed by atoms with Gasteiger partial charge < -0.3 is 4.90 Å². The third-order valence-corrected chi connectivity index (χ3v) is 1.35. The highest BCUT2D eigenvalue weighted by molar-refractivity contribution is 5.99. The van der Waals surface area contributed by atoms with E-state index in [1.807, 2.05) is 0 Å². The smallest absolute Gasteiger partial charge is 0.238 e. The number of hydrogen-bond acceptors (Lipinski definition) is 3. The molecule has 5 heteroatoms. The van der Waals surface area contributed by atoms with Crippen LogP contribution in [-0.2, 0) is 14.4 Å². The summed E-state index contributed by atoms with van der Waals surface area (Å²) >= 11 is 0. The normalized spacial score (nSPS) is 8.92. The molecule has 5 nitrogen and oxygen atoms in total. The van der Waals surface area contributed by atoms with Gasteiger partial charge in [0.15, 0.2) is 0 Å². The second kappa shape index (κ2) is 4.48. The summed E-state index contributed by atoms with van der Waals surface area (Å²) in [5, 5.41) is 0. The summed E-state index contributed by atoms with van der Waals surface area (Å²) in [4.78, 5) is 34.1. The summed E-state index contributed by atoms with van der Waals surface area (Å²) < 4.78 is 0. The van der Waals surface area contributed by atoms with Gasteiger partial charge in [0.2, 0.25) is 18.2 Å². The summed E-state index contributed by atoms with van der Waals surface area (Å²) in [6.45, 7) is 0. The zero-order valence-electron chi connectivity index (χ0n) is 7.40. The second-order valence-corrected chi connectivity index (χ2v) is 2.57. The Morgan fingerprint density at radius 2 is 1.67 bits per heavy atom. The quantitative estimate of drug-likeness (QED) is 0.408. The van der Waals surface area contributed by atoms with Crippen LogP contribution in [0.2, 0.25) is 0 Å². The molecule has 0 aliphatic heterocycles. The van der Waals surface area contributed by atoms with Crippen molar-refractivity contribution in [2.45, 2.75) is 6.42 Å². The van der Waals surface area contributed by atoms with Crippen molar-refractivity contribution in [3.05, 3.63) is 0 Å². The first kappa shape index (κ1) is 10.6. The highest BCUT2D eigenvalue weighted by Gasteiger charge is 2.13. The van der Waals surface area contributed by atoms with Crippen molar-refractivity contribution in [1.29, 1.82) is 0 Å². The molecular weight excluding hydrogens is 160 g/mol. The molecule has 0 aromatic rings. The molecule has 68 valence electrons. The predicted octanol–water partition coefficient (Wildman–Crippen LogP) is -0.920. The molecule has 0 radical (unpaired) electrons. The van der Waals surface area contributed by atoms with Crippen LogP contribution in [0, 0.1) is 0 Å². The van der Waals surface area contributed by atoms with E-state index in [9.17, 15) is 14.4 Å². The van der Waals surface area contributed by atoms with Crippen LogP contribution >= 0.6 is 0 Å². The molecule has 0 aliphatic rings. The molecule has 12 heavy (non-hydrogen) atoms. The number of rotatable bonds is 3. The molecule has 0 atom stereocenters. The van der Waals surface area contributed by atoms with E-state index in [2.05, 4.69) is 0 Å². The van der Waals surface area contributed by atoms with Crippen molar-refractivity contribution in [3.63, 3.8) is 0 Å². The van der Waals surface area contributed by atoms with Gasteiger partial charge in [-0.15, -0.1) is 0 Å². The Labute approximate surface area is 70.9 Å². The number of imide groups is 1. The number of hydrogen-bond donors (Lipinski definition) is 0. The van der Waals surface area contributed by atoms with Gasteiger partial charge in [0.1, 0.15) is 6.42 Å². The topological polar surface area (TPSA) is 57.7 Å². The Bertz CT molecular complexity index is 201. The predicted molar refractivity (Wildman–Crippen MR) is 42.1 cm³/mol. The van der Waals surface area contributed by atoms with Gasteiger partial charge in [0.25, 0.3) is 0 Å². The molecule has 0 aliphatic carbocycles. The van der Waals surface area contributed by atoms with Crippen molar-refractivity contribution in [1.82, 2.24) is 9.80 Å². The minimum atomic E-state index is -0.497. The number of carbonyl (C=O) groups excluding carboxylic acids is 3. The van der Waals surface area contributed by atoms with Gasteiger partial charge in [0.05, 0.1) is 0 Å². The van der Waals surface area contributed by atoms with Crippen LogP contribution in [0.25, 0.3) is 0 Å². The van der Waals surface area contributed by atoms with E-state index in [0.717, 1.165) is 4.90 Å². The lowest BCUT2D eigenvalue weighted by atomic mass is 10.3. The zero-order valence-corrected chi connectivity index (χ0v) is 7.40. The molecule has 0 heterocycles. The molecule has 0 spiro atoms.